The number of morpholine rings is 1. The van der Waals surface area contributed by atoms with Crippen molar-refractivity contribution in [1.29, 1.82) is 0 Å². The molecule has 152 valence electrons. The lowest BCUT2D eigenvalue weighted by atomic mass is 10.1. The molecule has 28 heavy (non-hydrogen) atoms. The monoisotopic (exact) mass is 402 g/mol. The zero-order chi connectivity index (χ0) is 20.1. The molecule has 0 N–H and O–H groups in total. The van der Waals surface area contributed by atoms with Gasteiger partial charge in [-0.1, -0.05) is 48.0 Å². The summed E-state index contributed by atoms with van der Waals surface area (Å²) in [6, 6.07) is 13.7. The lowest BCUT2D eigenvalue weighted by molar-refractivity contribution is 0.0361. The molecule has 1 aliphatic rings. The van der Waals surface area contributed by atoms with Crippen molar-refractivity contribution in [2.75, 3.05) is 39.4 Å². The van der Waals surface area contributed by atoms with Crippen LogP contribution in [0.5, 0.6) is 0 Å². The SMILES string of the molecule is Cc1cc(C)c(S(=O)(=O)N(CCN2CCOCC2)Cc2ccccc2)c(C)c1. The first-order chi connectivity index (χ1) is 13.4. The fraction of sp³-hybridized carbons (Fsp3) is 0.455. The van der Waals surface area contributed by atoms with Crippen LogP contribution in [0.1, 0.15) is 22.3 Å². The second-order valence-corrected chi connectivity index (χ2v) is 9.38. The molecule has 1 aliphatic heterocycles. The number of hydrogen-bond acceptors (Lipinski definition) is 4. The third-order valence-electron chi connectivity index (χ3n) is 5.17. The Balaban J connectivity index is 1.90. The molecule has 5 nitrogen and oxygen atoms in total. The summed E-state index contributed by atoms with van der Waals surface area (Å²) in [6.45, 7) is 10.4. The van der Waals surface area contributed by atoms with Crippen molar-refractivity contribution < 1.29 is 13.2 Å². The topological polar surface area (TPSA) is 49.9 Å². The average Bonchev–Trinajstić information content (AvgIpc) is 2.65. The highest BCUT2D eigenvalue weighted by atomic mass is 32.2. The highest BCUT2D eigenvalue weighted by molar-refractivity contribution is 7.89. The molecule has 1 saturated heterocycles. The van der Waals surface area contributed by atoms with Gasteiger partial charge < -0.3 is 4.74 Å². The van der Waals surface area contributed by atoms with Crippen LogP contribution in [0.15, 0.2) is 47.4 Å². The van der Waals surface area contributed by atoms with Crippen LogP contribution in [0.25, 0.3) is 0 Å². The first-order valence-corrected chi connectivity index (χ1v) is 11.2. The van der Waals surface area contributed by atoms with Gasteiger partial charge >= 0.3 is 0 Å². The van der Waals surface area contributed by atoms with Gasteiger partial charge in [0.2, 0.25) is 10.0 Å². The van der Waals surface area contributed by atoms with E-state index >= 15 is 0 Å². The number of rotatable bonds is 7. The van der Waals surface area contributed by atoms with Gasteiger partial charge in [-0.2, -0.15) is 4.31 Å². The first kappa shape index (κ1) is 21.0. The summed E-state index contributed by atoms with van der Waals surface area (Å²) in [5.41, 5.74) is 3.69. The van der Waals surface area contributed by atoms with Crippen LogP contribution in [-0.2, 0) is 21.3 Å². The summed E-state index contributed by atoms with van der Waals surface area (Å²) in [5, 5.41) is 0. The zero-order valence-corrected chi connectivity index (χ0v) is 17.8. The summed E-state index contributed by atoms with van der Waals surface area (Å²) in [4.78, 5) is 2.71. The number of hydrogen-bond donors (Lipinski definition) is 0. The minimum atomic E-state index is -3.60. The van der Waals surface area contributed by atoms with Crippen molar-refractivity contribution in [1.82, 2.24) is 9.21 Å². The van der Waals surface area contributed by atoms with Crippen LogP contribution in [0.2, 0.25) is 0 Å². The van der Waals surface area contributed by atoms with E-state index in [9.17, 15) is 8.42 Å². The molecular formula is C22H30N2O3S. The molecule has 2 aromatic rings. The van der Waals surface area contributed by atoms with Crippen molar-refractivity contribution in [3.05, 3.63) is 64.7 Å². The predicted octanol–water partition coefficient (Wildman–Crippen LogP) is 3.13. The Morgan fingerprint density at radius 3 is 2.21 bits per heavy atom. The molecule has 0 unspecified atom stereocenters. The van der Waals surface area contributed by atoms with Gasteiger partial charge in [0, 0.05) is 32.7 Å². The number of ether oxygens (including phenoxy) is 1. The van der Waals surface area contributed by atoms with E-state index in [1.165, 1.54) is 0 Å². The first-order valence-electron chi connectivity index (χ1n) is 9.80. The third kappa shape index (κ3) is 5.00. The minimum Gasteiger partial charge on any atom is -0.379 e. The van der Waals surface area contributed by atoms with Crippen LogP contribution >= 0.6 is 0 Å². The van der Waals surface area contributed by atoms with Gasteiger partial charge in [-0.3, -0.25) is 4.90 Å². The van der Waals surface area contributed by atoms with Gasteiger partial charge in [0.15, 0.2) is 0 Å². The highest BCUT2D eigenvalue weighted by Gasteiger charge is 2.28. The van der Waals surface area contributed by atoms with Crippen LogP contribution in [-0.4, -0.2) is 57.0 Å². The van der Waals surface area contributed by atoms with Gasteiger partial charge in [0.1, 0.15) is 0 Å². The van der Waals surface area contributed by atoms with E-state index in [0.29, 0.717) is 37.7 Å². The van der Waals surface area contributed by atoms with E-state index in [4.69, 9.17) is 4.74 Å². The number of aryl methyl sites for hydroxylation is 3. The fourth-order valence-electron chi connectivity index (χ4n) is 3.85. The van der Waals surface area contributed by atoms with Crippen molar-refractivity contribution >= 4 is 10.0 Å². The number of nitrogens with zero attached hydrogens (tertiary/aromatic N) is 2. The largest absolute Gasteiger partial charge is 0.379 e. The Kier molecular flexibility index (Phi) is 6.88. The Morgan fingerprint density at radius 2 is 1.61 bits per heavy atom. The van der Waals surface area contributed by atoms with Gasteiger partial charge in [-0.15, -0.1) is 0 Å². The van der Waals surface area contributed by atoms with E-state index in [-0.39, 0.29) is 0 Å². The molecule has 0 aromatic heterocycles. The van der Waals surface area contributed by atoms with Crippen molar-refractivity contribution in [3.63, 3.8) is 0 Å². The normalized spacial score (nSPS) is 15.9. The lowest BCUT2D eigenvalue weighted by Gasteiger charge is -2.30. The standard InChI is InChI=1S/C22H30N2O3S/c1-18-15-19(2)22(20(3)16-18)28(25,26)24(17-21-7-5-4-6-8-21)10-9-23-11-13-27-14-12-23/h4-8,15-16H,9-14,17H2,1-3H3. The van der Waals surface area contributed by atoms with E-state index in [1.54, 1.807) is 4.31 Å². The Hall–Kier alpha value is -1.73. The van der Waals surface area contributed by atoms with Crippen molar-refractivity contribution in [3.8, 4) is 0 Å². The van der Waals surface area contributed by atoms with E-state index < -0.39 is 10.0 Å². The Morgan fingerprint density at radius 1 is 1.00 bits per heavy atom. The molecule has 6 heteroatoms. The molecule has 0 aliphatic carbocycles. The predicted molar refractivity (Wildman–Crippen MR) is 112 cm³/mol. The zero-order valence-electron chi connectivity index (χ0n) is 17.0. The third-order valence-corrected chi connectivity index (χ3v) is 7.32. The molecule has 1 fully saturated rings. The summed E-state index contributed by atoms with van der Waals surface area (Å²) in [6.07, 6.45) is 0. The van der Waals surface area contributed by atoms with E-state index in [2.05, 4.69) is 4.90 Å². The Bertz CT molecular complexity index is 868. The molecule has 0 bridgehead atoms. The van der Waals surface area contributed by atoms with Gasteiger partial charge in [0.25, 0.3) is 0 Å². The average molecular weight is 403 g/mol. The molecule has 1 heterocycles. The van der Waals surface area contributed by atoms with Crippen LogP contribution in [0.3, 0.4) is 0 Å². The maximum Gasteiger partial charge on any atom is 0.243 e. The molecule has 0 atom stereocenters. The van der Waals surface area contributed by atoms with E-state index in [1.807, 2.05) is 63.2 Å². The van der Waals surface area contributed by atoms with Crippen LogP contribution < -0.4 is 0 Å². The lowest BCUT2D eigenvalue weighted by Crippen LogP contribution is -2.43. The van der Waals surface area contributed by atoms with Crippen LogP contribution in [0.4, 0.5) is 0 Å². The molecule has 3 rings (SSSR count). The summed E-state index contributed by atoms with van der Waals surface area (Å²) < 4.78 is 34.3. The van der Waals surface area contributed by atoms with Crippen LogP contribution in [0, 0.1) is 20.8 Å². The van der Waals surface area contributed by atoms with Gasteiger partial charge in [0.05, 0.1) is 18.1 Å². The number of benzene rings is 2. The van der Waals surface area contributed by atoms with Gasteiger partial charge in [-0.25, -0.2) is 8.42 Å². The molecule has 0 amide bonds. The maximum absolute atomic E-state index is 13.6. The Labute approximate surface area is 169 Å². The van der Waals surface area contributed by atoms with E-state index in [0.717, 1.165) is 35.3 Å². The molecule has 0 radical (unpaired) electrons. The molecule has 0 spiro atoms. The van der Waals surface area contributed by atoms with Gasteiger partial charge in [-0.05, 0) is 37.5 Å². The number of sulfonamides is 1. The summed E-state index contributed by atoms with van der Waals surface area (Å²) >= 11 is 0. The quantitative estimate of drug-likeness (QED) is 0.714. The second-order valence-electron chi connectivity index (χ2n) is 7.51. The van der Waals surface area contributed by atoms with Crippen molar-refractivity contribution in [2.45, 2.75) is 32.2 Å². The fourth-order valence-corrected chi connectivity index (χ4v) is 5.68. The highest BCUT2D eigenvalue weighted by Crippen LogP contribution is 2.26. The maximum atomic E-state index is 13.6. The van der Waals surface area contributed by atoms with Crippen molar-refractivity contribution in [2.24, 2.45) is 0 Å². The minimum absolute atomic E-state index is 0.375. The summed E-state index contributed by atoms with van der Waals surface area (Å²) in [7, 11) is -3.60. The molecular weight excluding hydrogens is 372 g/mol. The smallest absolute Gasteiger partial charge is 0.243 e. The molecule has 0 saturated carbocycles. The second kappa shape index (κ2) is 9.18. The summed E-state index contributed by atoms with van der Waals surface area (Å²) in [5.74, 6) is 0. The molecule has 2 aromatic carbocycles.